The largest absolute Gasteiger partial charge is 0.346 e. The van der Waals surface area contributed by atoms with Gasteiger partial charge in [-0.15, -0.1) is 0 Å². The molecule has 0 saturated carbocycles. The first kappa shape index (κ1) is 13.8. The van der Waals surface area contributed by atoms with Crippen LogP contribution in [0.2, 0.25) is 5.02 Å². The number of benzene rings is 2. The first-order chi connectivity index (χ1) is 11.8. The van der Waals surface area contributed by atoms with Crippen LogP contribution in [0.4, 0.5) is 0 Å². The third kappa shape index (κ3) is 2.00. The molecule has 116 valence electrons. The zero-order chi connectivity index (χ0) is 16.1. The molecule has 1 N–H and O–H groups in total. The maximum Gasteiger partial charge on any atom is 0.137 e. The molecule has 2 aromatic heterocycles. The lowest BCUT2D eigenvalue weighted by atomic mass is 9.95. The number of hydrogen-bond acceptors (Lipinski definition) is 1. The van der Waals surface area contributed by atoms with E-state index in [0.29, 0.717) is 0 Å². The van der Waals surface area contributed by atoms with Gasteiger partial charge in [0.1, 0.15) is 5.65 Å². The van der Waals surface area contributed by atoms with Gasteiger partial charge in [0.25, 0.3) is 0 Å². The van der Waals surface area contributed by atoms with Gasteiger partial charge in [-0.05, 0) is 45.9 Å². The number of hydrogen-bond donors (Lipinski definition) is 1. The van der Waals surface area contributed by atoms with Crippen molar-refractivity contribution < 1.29 is 0 Å². The molecule has 0 atom stereocenters. The van der Waals surface area contributed by atoms with Crippen molar-refractivity contribution in [3.05, 3.63) is 88.2 Å². The van der Waals surface area contributed by atoms with Gasteiger partial charge in [-0.2, -0.15) is 0 Å². The smallest absolute Gasteiger partial charge is 0.137 e. The number of pyridine rings is 1. The molecule has 0 saturated heterocycles. The Hall–Kier alpha value is -2.58. The number of halogens is 1. The summed E-state index contributed by atoms with van der Waals surface area (Å²) in [6.07, 6.45) is 5.49. The fourth-order valence-corrected chi connectivity index (χ4v) is 4.02. The van der Waals surface area contributed by atoms with Gasteiger partial charge in [-0.3, -0.25) is 0 Å². The van der Waals surface area contributed by atoms with Crippen molar-refractivity contribution in [2.24, 2.45) is 0 Å². The lowest BCUT2D eigenvalue weighted by Crippen LogP contribution is -1.97. The lowest BCUT2D eigenvalue weighted by molar-refractivity contribution is 1.13. The third-order valence-corrected chi connectivity index (χ3v) is 5.29. The van der Waals surface area contributed by atoms with Crippen molar-refractivity contribution in [2.45, 2.75) is 12.8 Å². The maximum absolute atomic E-state index is 6.47. The SMILES string of the molecule is Clc1cnc2[nH]ccc2c1Cc1cccc2c1Cc1ccccc1-2. The van der Waals surface area contributed by atoms with Gasteiger partial charge in [-0.1, -0.05) is 54.1 Å². The van der Waals surface area contributed by atoms with Crippen LogP contribution in [0, 0.1) is 0 Å². The number of fused-ring (bicyclic) bond motifs is 4. The molecule has 0 aliphatic heterocycles. The fourth-order valence-electron chi connectivity index (χ4n) is 3.80. The highest BCUT2D eigenvalue weighted by molar-refractivity contribution is 6.32. The molecule has 2 nitrogen and oxygen atoms in total. The van der Waals surface area contributed by atoms with Crippen LogP contribution in [0.15, 0.2) is 60.9 Å². The van der Waals surface area contributed by atoms with Crippen molar-refractivity contribution >= 4 is 22.6 Å². The molecule has 4 aromatic rings. The molecule has 1 aliphatic rings. The molecule has 0 amide bonds. The Morgan fingerprint density at radius 3 is 2.83 bits per heavy atom. The molecule has 24 heavy (non-hydrogen) atoms. The Balaban J connectivity index is 1.65. The van der Waals surface area contributed by atoms with Crippen LogP contribution in [-0.2, 0) is 12.8 Å². The Morgan fingerprint density at radius 2 is 1.88 bits per heavy atom. The average molecular weight is 331 g/mol. The minimum atomic E-state index is 0.732. The molecule has 1 aliphatic carbocycles. The van der Waals surface area contributed by atoms with Crippen molar-refractivity contribution in [2.75, 3.05) is 0 Å². The van der Waals surface area contributed by atoms with Crippen LogP contribution in [0.3, 0.4) is 0 Å². The van der Waals surface area contributed by atoms with Crippen molar-refractivity contribution in [3.63, 3.8) is 0 Å². The molecule has 0 fully saturated rings. The van der Waals surface area contributed by atoms with Gasteiger partial charge >= 0.3 is 0 Å². The highest BCUT2D eigenvalue weighted by Gasteiger charge is 2.21. The second kappa shape index (κ2) is 5.22. The van der Waals surface area contributed by atoms with E-state index in [0.717, 1.165) is 34.5 Å². The summed E-state index contributed by atoms with van der Waals surface area (Å²) in [5.74, 6) is 0. The van der Waals surface area contributed by atoms with Crippen molar-refractivity contribution in [3.8, 4) is 11.1 Å². The molecular weight excluding hydrogens is 316 g/mol. The van der Waals surface area contributed by atoms with Gasteiger partial charge in [0.15, 0.2) is 0 Å². The quantitative estimate of drug-likeness (QED) is 0.462. The summed E-state index contributed by atoms with van der Waals surface area (Å²) < 4.78 is 0. The molecule has 2 heterocycles. The molecule has 0 spiro atoms. The second-order valence-corrected chi connectivity index (χ2v) is 6.69. The maximum atomic E-state index is 6.47. The van der Waals surface area contributed by atoms with E-state index in [1.807, 2.05) is 6.20 Å². The topological polar surface area (TPSA) is 28.7 Å². The van der Waals surface area contributed by atoms with Gasteiger partial charge in [0, 0.05) is 24.2 Å². The van der Waals surface area contributed by atoms with Gasteiger partial charge in [-0.25, -0.2) is 4.98 Å². The van der Waals surface area contributed by atoms with Gasteiger partial charge in [0.05, 0.1) is 5.02 Å². The van der Waals surface area contributed by atoms with E-state index in [2.05, 4.69) is 58.5 Å². The molecule has 0 radical (unpaired) electrons. The number of aromatic amines is 1. The Kier molecular flexibility index (Phi) is 3.00. The molecular formula is C21H15ClN2. The molecule has 0 bridgehead atoms. The molecule has 2 aromatic carbocycles. The average Bonchev–Trinajstić information content (AvgIpc) is 3.22. The predicted octanol–water partition coefficient (Wildman–Crippen LogP) is 5.38. The summed E-state index contributed by atoms with van der Waals surface area (Å²) in [6.45, 7) is 0. The van der Waals surface area contributed by atoms with E-state index in [9.17, 15) is 0 Å². The van der Waals surface area contributed by atoms with Crippen molar-refractivity contribution in [1.29, 1.82) is 0 Å². The number of nitrogens with one attached hydrogen (secondary N) is 1. The van der Waals surface area contributed by atoms with Crippen LogP contribution >= 0.6 is 11.6 Å². The summed E-state index contributed by atoms with van der Waals surface area (Å²) in [4.78, 5) is 7.53. The zero-order valence-electron chi connectivity index (χ0n) is 13.0. The highest BCUT2D eigenvalue weighted by atomic mass is 35.5. The first-order valence-electron chi connectivity index (χ1n) is 8.11. The third-order valence-electron chi connectivity index (χ3n) is 4.96. The minimum absolute atomic E-state index is 0.732. The Morgan fingerprint density at radius 1 is 1.00 bits per heavy atom. The highest BCUT2D eigenvalue weighted by Crippen LogP contribution is 2.39. The monoisotopic (exact) mass is 330 g/mol. The summed E-state index contributed by atoms with van der Waals surface area (Å²) >= 11 is 6.47. The fraction of sp³-hybridized carbons (Fsp3) is 0.0952. The van der Waals surface area contributed by atoms with Gasteiger partial charge < -0.3 is 4.98 Å². The number of aromatic nitrogens is 2. The van der Waals surface area contributed by atoms with Gasteiger partial charge in [0.2, 0.25) is 0 Å². The molecule has 0 unspecified atom stereocenters. The molecule has 5 rings (SSSR count). The number of H-pyrrole nitrogens is 1. The van der Waals surface area contributed by atoms with Crippen LogP contribution < -0.4 is 0 Å². The lowest BCUT2D eigenvalue weighted by Gasteiger charge is -2.11. The Labute approximate surface area is 145 Å². The van der Waals surface area contributed by atoms with E-state index in [-0.39, 0.29) is 0 Å². The van der Waals surface area contributed by atoms with Crippen LogP contribution in [0.25, 0.3) is 22.2 Å². The molecule has 3 heteroatoms. The number of nitrogens with zero attached hydrogens (tertiary/aromatic N) is 1. The van der Waals surface area contributed by atoms with E-state index < -0.39 is 0 Å². The van der Waals surface area contributed by atoms with E-state index in [1.165, 1.54) is 27.8 Å². The standard InChI is InChI=1S/C21H15ClN2/c22-20-12-24-21-17(8-9-23-21)19(20)11-14-5-3-7-16-15-6-2-1-4-13(15)10-18(14)16/h1-9,12H,10-11H2,(H,23,24). The van der Waals surface area contributed by atoms with E-state index in [1.54, 1.807) is 6.20 Å². The van der Waals surface area contributed by atoms with Crippen molar-refractivity contribution in [1.82, 2.24) is 9.97 Å². The van der Waals surface area contributed by atoms with Crippen LogP contribution in [-0.4, -0.2) is 9.97 Å². The second-order valence-electron chi connectivity index (χ2n) is 6.28. The zero-order valence-corrected chi connectivity index (χ0v) is 13.8. The summed E-state index contributed by atoms with van der Waals surface area (Å²) in [5.41, 5.74) is 8.94. The summed E-state index contributed by atoms with van der Waals surface area (Å²) in [5, 5.41) is 1.84. The van der Waals surface area contributed by atoms with E-state index >= 15 is 0 Å². The van der Waals surface area contributed by atoms with Crippen LogP contribution in [0.5, 0.6) is 0 Å². The normalized spacial score (nSPS) is 12.4. The minimum Gasteiger partial charge on any atom is -0.346 e. The Bertz CT molecular complexity index is 1080. The number of rotatable bonds is 2. The summed E-state index contributed by atoms with van der Waals surface area (Å²) in [6, 6.07) is 17.3. The summed E-state index contributed by atoms with van der Waals surface area (Å²) in [7, 11) is 0. The first-order valence-corrected chi connectivity index (χ1v) is 8.48. The van der Waals surface area contributed by atoms with E-state index in [4.69, 9.17) is 11.6 Å². The predicted molar refractivity (Wildman–Crippen MR) is 98.6 cm³/mol. The van der Waals surface area contributed by atoms with Crippen LogP contribution in [0.1, 0.15) is 22.3 Å².